The fourth-order valence-electron chi connectivity index (χ4n) is 2.80. The van der Waals surface area contributed by atoms with E-state index in [9.17, 15) is 19.5 Å². The topological polar surface area (TPSA) is 92.2 Å². The summed E-state index contributed by atoms with van der Waals surface area (Å²) in [5.41, 5.74) is -1.88. The minimum Gasteiger partial charge on any atom is -0.480 e. The summed E-state index contributed by atoms with van der Waals surface area (Å²) in [5.74, 6) is -1.28. The highest BCUT2D eigenvalue weighted by Crippen LogP contribution is 2.37. The Morgan fingerprint density at radius 1 is 1.23 bits per heavy atom. The molecule has 0 radical (unpaired) electrons. The molecule has 0 aliphatic rings. The van der Waals surface area contributed by atoms with E-state index in [4.69, 9.17) is 23.2 Å². The van der Waals surface area contributed by atoms with Crippen LogP contribution in [0.4, 0.5) is 0 Å². The zero-order valence-corrected chi connectivity index (χ0v) is 16.3. The lowest BCUT2D eigenvalue weighted by atomic mass is 10.0. The number of H-pyrrole nitrogens is 1. The Morgan fingerprint density at radius 3 is 2.46 bits per heavy atom. The zero-order valence-electron chi connectivity index (χ0n) is 14.0. The van der Waals surface area contributed by atoms with Gasteiger partial charge in [0, 0.05) is 10.4 Å². The van der Waals surface area contributed by atoms with Crippen molar-refractivity contribution in [3.63, 3.8) is 0 Å². The lowest BCUT2D eigenvalue weighted by molar-refractivity contribution is -0.146. The summed E-state index contributed by atoms with van der Waals surface area (Å²) >= 11 is 13.3. The maximum absolute atomic E-state index is 13.1. The monoisotopic (exact) mass is 412 g/mol. The predicted molar refractivity (Wildman–Crippen MR) is 104 cm³/mol. The van der Waals surface area contributed by atoms with Crippen LogP contribution in [0, 0.1) is 6.92 Å². The number of nitrogens with one attached hydrogen (secondary N) is 1. The van der Waals surface area contributed by atoms with Crippen molar-refractivity contribution in [2.75, 3.05) is 0 Å². The van der Waals surface area contributed by atoms with Crippen LogP contribution >= 0.6 is 34.5 Å². The van der Waals surface area contributed by atoms with E-state index in [2.05, 4.69) is 4.98 Å². The third-order valence-electron chi connectivity index (χ3n) is 4.22. The molecule has 0 amide bonds. The lowest BCUT2D eigenvalue weighted by Crippen LogP contribution is -2.50. The number of aromatic amines is 1. The van der Waals surface area contributed by atoms with Crippen molar-refractivity contribution in [1.29, 1.82) is 0 Å². The largest absolute Gasteiger partial charge is 0.480 e. The second-order valence-electron chi connectivity index (χ2n) is 6.30. The summed E-state index contributed by atoms with van der Waals surface area (Å²) in [5, 5.41) is 10.4. The molecule has 0 spiro atoms. The highest BCUT2D eigenvalue weighted by atomic mass is 35.5. The number of aliphatic carboxylic acids is 1. The smallest absolute Gasteiger partial charge is 0.330 e. The highest BCUT2D eigenvalue weighted by Gasteiger charge is 2.34. The summed E-state index contributed by atoms with van der Waals surface area (Å²) in [4.78, 5) is 40.8. The Balaban J connectivity index is 2.45. The molecule has 3 rings (SSSR count). The molecule has 0 saturated heterocycles. The van der Waals surface area contributed by atoms with Gasteiger partial charge in [0.2, 0.25) is 0 Å². The fraction of sp³-hybridized carbons (Fsp3) is 0.235. The molecule has 0 aliphatic carbocycles. The average molecular weight is 413 g/mol. The van der Waals surface area contributed by atoms with E-state index in [1.807, 2.05) is 6.92 Å². The average Bonchev–Trinajstić information content (AvgIpc) is 2.85. The van der Waals surface area contributed by atoms with E-state index in [0.29, 0.717) is 26.0 Å². The highest BCUT2D eigenvalue weighted by molar-refractivity contribution is 7.19. The van der Waals surface area contributed by atoms with E-state index < -0.39 is 22.8 Å². The number of thiophene rings is 1. The first-order valence-corrected chi connectivity index (χ1v) is 9.10. The third kappa shape index (κ3) is 2.76. The number of carboxylic acid groups (broad SMARTS) is 1. The molecule has 1 aromatic carbocycles. The molecule has 2 N–H and O–H groups in total. The Kier molecular flexibility index (Phi) is 4.50. The van der Waals surface area contributed by atoms with Crippen molar-refractivity contribution < 1.29 is 9.90 Å². The van der Waals surface area contributed by atoms with Gasteiger partial charge in [-0.05, 0) is 38.5 Å². The third-order valence-corrected chi connectivity index (χ3v) is 5.98. The quantitative estimate of drug-likeness (QED) is 0.682. The number of nitrogens with zero attached hydrogens (tertiary/aromatic N) is 1. The second kappa shape index (κ2) is 6.26. The van der Waals surface area contributed by atoms with Gasteiger partial charge in [-0.2, -0.15) is 0 Å². The number of benzene rings is 1. The molecule has 0 unspecified atom stereocenters. The standard InChI is InChI=1S/C17H14Cl2N2O4S/c1-7-11(8-4-5-9(18)10(19)6-8)12-13(26-7)20-16(25)21(14(12)22)17(2,3)15(23)24/h4-6H,1-3H3,(H,20,25)(H,23,24). The molecule has 2 aromatic heterocycles. The fourth-order valence-corrected chi connectivity index (χ4v) is 4.15. The molecule has 2 heterocycles. The van der Waals surface area contributed by atoms with Crippen LogP contribution < -0.4 is 11.2 Å². The maximum atomic E-state index is 13.1. The van der Waals surface area contributed by atoms with Gasteiger partial charge in [-0.15, -0.1) is 11.3 Å². The molecule has 6 nitrogen and oxygen atoms in total. The van der Waals surface area contributed by atoms with Gasteiger partial charge in [0.1, 0.15) is 10.4 Å². The molecule has 136 valence electrons. The Morgan fingerprint density at radius 2 is 1.88 bits per heavy atom. The van der Waals surface area contributed by atoms with Gasteiger partial charge >= 0.3 is 11.7 Å². The van der Waals surface area contributed by atoms with Crippen molar-refractivity contribution in [2.24, 2.45) is 0 Å². The summed E-state index contributed by atoms with van der Waals surface area (Å²) in [6.07, 6.45) is 0. The molecule has 0 fully saturated rings. The summed E-state index contributed by atoms with van der Waals surface area (Å²) < 4.78 is 0.727. The molecule has 26 heavy (non-hydrogen) atoms. The SMILES string of the molecule is Cc1sc2[nH]c(=O)n(C(C)(C)C(=O)O)c(=O)c2c1-c1ccc(Cl)c(Cl)c1. The Bertz CT molecular complexity index is 1170. The first kappa shape index (κ1) is 18.7. The van der Waals surface area contributed by atoms with Gasteiger partial charge in [-0.3, -0.25) is 9.78 Å². The van der Waals surface area contributed by atoms with Crippen LogP contribution in [-0.4, -0.2) is 20.6 Å². The summed E-state index contributed by atoms with van der Waals surface area (Å²) in [6, 6.07) is 4.98. The Hall–Kier alpha value is -2.09. The van der Waals surface area contributed by atoms with E-state index in [0.717, 1.165) is 9.44 Å². The van der Waals surface area contributed by atoms with Crippen molar-refractivity contribution in [3.05, 3.63) is 54.0 Å². The number of carboxylic acids is 1. The molecular weight excluding hydrogens is 399 g/mol. The van der Waals surface area contributed by atoms with E-state index in [1.54, 1.807) is 18.2 Å². The summed E-state index contributed by atoms with van der Waals surface area (Å²) in [6.45, 7) is 4.42. The first-order chi connectivity index (χ1) is 12.1. The number of aryl methyl sites for hydroxylation is 1. The van der Waals surface area contributed by atoms with E-state index >= 15 is 0 Å². The molecular formula is C17H14Cl2N2O4S. The van der Waals surface area contributed by atoms with Crippen LogP contribution in [-0.2, 0) is 10.3 Å². The normalized spacial score (nSPS) is 11.9. The number of hydrogen-bond acceptors (Lipinski definition) is 4. The van der Waals surface area contributed by atoms with Gasteiger partial charge < -0.3 is 5.11 Å². The van der Waals surface area contributed by atoms with Gasteiger partial charge in [-0.25, -0.2) is 14.2 Å². The number of aromatic nitrogens is 2. The van der Waals surface area contributed by atoms with Crippen molar-refractivity contribution in [2.45, 2.75) is 26.3 Å². The first-order valence-electron chi connectivity index (χ1n) is 7.53. The number of halogens is 2. The van der Waals surface area contributed by atoms with Crippen molar-refractivity contribution in [1.82, 2.24) is 9.55 Å². The molecule has 0 aliphatic heterocycles. The van der Waals surface area contributed by atoms with Crippen LogP contribution in [0.2, 0.25) is 10.0 Å². The van der Waals surface area contributed by atoms with Crippen LogP contribution in [0.3, 0.4) is 0 Å². The molecule has 0 saturated carbocycles. The van der Waals surface area contributed by atoms with E-state index in [-0.39, 0.29) is 5.39 Å². The van der Waals surface area contributed by atoms with Crippen LogP contribution in [0.25, 0.3) is 21.3 Å². The lowest BCUT2D eigenvalue weighted by Gasteiger charge is -2.21. The zero-order chi connectivity index (χ0) is 19.4. The number of carbonyl (C=O) groups is 1. The van der Waals surface area contributed by atoms with Gasteiger partial charge in [0.15, 0.2) is 0 Å². The maximum Gasteiger partial charge on any atom is 0.330 e. The molecule has 3 aromatic rings. The number of hydrogen-bond donors (Lipinski definition) is 2. The molecule has 0 bridgehead atoms. The number of fused-ring (bicyclic) bond motifs is 1. The predicted octanol–water partition coefficient (Wildman–Crippen LogP) is 3.85. The van der Waals surface area contributed by atoms with Gasteiger partial charge in [0.25, 0.3) is 5.56 Å². The van der Waals surface area contributed by atoms with E-state index in [1.165, 1.54) is 25.2 Å². The van der Waals surface area contributed by atoms with Crippen molar-refractivity contribution >= 4 is 50.7 Å². The van der Waals surface area contributed by atoms with Gasteiger partial charge in [0.05, 0.1) is 15.4 Å². The van der Waals surface area contributed by atoms with Crippen LogP contribution in [0.1, 0.15) is 18.7 Å². The Labute approximate surface area is 161 Å². The minimum atomic E-state index is -1.70. The molecule has 0 atom stereocenters. The van der Waals surface area contributed by atoms with Crippen LogP contribution in [0.15, 0.2) is 27.8 Å². The minimum absolute atomic E-state index is 0.250. The second-order valence-corrected chi connectivity index (χ2v) is 8.34. The summed E-state index contributed by atoms with van der Waals surface area (Å²) in [7, 11) is 0. The number of rotatable bonds is 3. The molecule has 9 heteroatoms. The van der Waals surface area contributed by atoms with Crippen LogP contribution in [0.5, 0.6) is 0 Å². The van der Waals surface area contributed by atoms with Crippen molar-refractivity contribution in [3.8, 4) is 11.1 Å². The van der Waals surface area contributed by atoms with Gasteiger partial charge in [-0.1, -0.05) is 29.3 Å².